The van der Waals surface area contributed by atoms with Crippen LogP contribution < -0.4 is 10.0 Å². The van der Waals surface area contributed by atoms with Crippen molar-refractivity contribution in [3.05, 3.63) is 95.0 Å². The van der Waals surface area contributed by atoms with E-state index in [1.54, 1.807) is 12.1 Å². The molecule has 0 bridgehead atoms. The maximum Gasteiger partial charge on any atom is 0.407 e. The highest BCUT2D eigenvalue weighted by molar-refractivity contribution is 5.79. The van der Waals surface area contributed by atoms with Gasteiger partial charge in [0.1, 0.15) is 6.61 Å². The van der Waals surface area contributed by atoms with E-state index in [0.29, 0.717) is 10.3 Å². The molecule has 0 atom stereocenters. The molecule has 1 amide bonds. The molecular formula is C23H18N2O3. The molecule has 4 rings (SSSR count). The summed E-state index contributed by atoms with van der Waals surface area (Å²) in [7, 11) is 0. The molecule has 0 spiro atoms. The third kappa shape index (κ3) is 3.67. The molecule has 1 aliphatic rings. The molecule has 3 aromatic rings. The smallest absolute Gasteiger partial charge is 0.407 e. The van der Waals surface area contributed by atoms with E-state index in [1.807, 2.05) is 24.3 Å². The fourth-order valence-corrected chi connectivity index (χ4v) is 3.44. The first-order chi connectivity index (χ1) is 13.7. The topological polar surface area (TPSA) is 65.3 Å². The second kappa shape index (κ2) is 7.85. The number of carbonyl (C=O) groups excluding carboxylic acids is 1. The molecule has 1 heterocycles. The van der Waals surface area contributed by atoms with Gasteiger partial charge < -0.3 is 15.3 Å². The van der Waals surface area contributed by atoms with Crippen LogP contribution in [0.2, 0.25) is 0 Å². The predicted octanol–water partition coefficient (Wildman–Crippen LogP) is 3.21. The van der Waals surface area contributed by atoms with Crippen molar-refractivity contribution in [2.75, 3.05) is 13.2 Å². The van der Waals surface area contributed by atoms with Crippen LogP contribution in [0.25, 0.3) is 11.1 Å². The lowest BCUT2D eigenvalue weighted by Gasteiger charge is -2.14. The first kappa shape index (κ1) is 17.6. The number of hydrogen-bond donors (Lipinski definition) is 1. The molecule has 5 heteroatoms. The molecule has 1 aromatic heterocycles. The lowest BCUT2D eigenvalue weighted by molar-refractivity contribution is -0.605. The number of hydrogen-bond acceptors (Lipinski definition) is 3. The summed E-state index contributed by atoms with van der Waals surface area (Å²) in [6, 6.07) is 19.7. The number of amides is 1. The highest BCUT2D eigenvalue weighted by Crippen LogP contribution is 2.44. The summed E-state index contributed by atoms with van der Waals surface area (Å²) in [6.45, 7) is 0.409. The highest BCUT2D eigenvalue weighted by Gasteiger charge is 2.28. The second-order valence-corrected chi connectivity index (χ2v) is 6.43. The number of carbonyl (C=O) groups is 1. The van der Waals surface area contributed by atoms with Crippen molar-refractivity contribution in [3.63, 3.8) is 0 Å². The third-order valence-corrected chi connectivity index (χ3v) is 4.67. The van der Waals surface area contributed by atoms with Crippen molar-refractivity contribution in [1.29, 1.82) is 0 Å². The molecule has 0 radical (unpaired) electrons. The van der Waals surface area contributed by atoms with Crippen LogP contribution in [-0.2, 0) is 4.74 Å². The van der Waals surface area contributed by atoms with Gasteiger partial charge in [-0.05, 0) is 28.3 Å². The van der Waals surface area contributed by atoms with E-state index in [2.05, 4.69) is 41.4 Å². The van der Waals surface area contributed by atoms with Crippen molar-refractivity contribution in [3.8, 4) is 23.0 Å². The molecule has 0 aliphatic heterocycles. The molecule has 5 nitrogen and oxygen atoms in total. The lowest BCUT2D eigenvalue weighted by Crippen LogP contribution is -2.26. The van der Waals surface area contributed by atoms with Crippen molar-refractivity contribution in [2.24, 2.45) is 0 Å². The van der Waals surface area contributed by atoms with E-state index >= 15 is 0 Å². The average molecular weight is 370 g/mol. The predicted molar refractivity (Wildman–Crippen MR) is 105 cm³/mol. The number of nitrogens with one attached hydrogen (secondary N) is 1. The van der Waals surface area contributed by atoms with Crippen LogP contribution in [0.3, 0.4) is 0 Å². The van der Waals surface area contributed by atoms with Crippen LogP contribution in [0.5, 0.6) is 0 Å². The summed E-state index contributed by atoms with van der Waals surface area (Å²) in [4.78, 5) is 12.0. The number of ether oxygens (including phenoxy) is 1. The second-order valence-electron chi connectivity index (χ2n) is 6.43. The van der Waals surface area contributed by atoms with Gasteiger partial charge >= 0.3 is 6.09 Å². The molecule has 0 unspecified atom stereocenters. The van der Waals surface area contributed by atoms with Gasteiger partial charge in [-0.3, -0.25) is 0 Å². The first-order valence-electron chi connectivity index (χ1n) is 8.99. The van der Waals surface area contributed by atoms with Crippen molar-refractivity contribution < 1.29 is 14.3 Å². The fraction of sp³-hybridized carbons (Fsp3) is 0.130. The van der Waals surface area contributed by atoms with E-state index in [-0.39, 0.29) is 19.1 Å². The first-order valence-corrected chi connectivity index (χ1v) is 8.99. The molecule has 0 saturated heterocycles. The maximum absolute atomic E-state index is 12.0. The number of aromatic nitrogens is 1. The quantitative estimate of drug-likeness (QED) is 0.437. The lowest BCUT2D eigenvalue weighted by atomic mass is 9.98. The van der Waals surface area contributed by atoms with Crippen molar-refractivity contribution in [1.82, 2.24) is 5.32 Å². The number of rotatable bonds is 3. The Morgan fingerprint density at radius 2 is 1.71 bits per heavy atom. The van der Waals surface area contributed by atoms with Crippen LogP contribution in [0, 0.1) is 17.0 Å². The van der Waals surface area contributed by atoms with Gasteiger partial charge in [0, 0.05) is 12.0 Å². The van der Waals surface area contributed by atoms with Gasteiger partial charge in [-0.2, -0.15) is 4.73 Å². The highest BCUT2D eigenvalue weighted by atomic mass is 16.5. The van der Waals surface area contributed by atoms with Gasteiger partial charge in [0.25, 0.3) is 0 Å². The van der Waals surface area contributed by atoms with Crippen LogP contribution >= 0.6 is 0 Å². The summed E-state index contributed by atoms with van der Waals surface area (Å²) < 4.78 is 6.12. The van der Waals surface area contributed by atoms with E-state index in [9.17, 15) is 10.0 Å². The molecule has 1 aliphatic carbocycles. The van der Waals surface area contributed by atoms with Crippen LogP contribution in [-0.4, -0.2) is 19.2 Å². The molecule has 138 valence electrons. The van der Waals surface area contributed by atoms with Crippen molar-refractivity contribution in [2.45, 2.75) is 5.92 Å². The van der Waals surface area contributed by atoms with Gasteiger partial charge in [0.05, 0.1) is 12.1 Å². The SMILES string of the molecule is O=C(NCC#Cc1ccc[n+]([O-])c1)OCC1c2ccccc2-c2ccccc21. The monoisotopic (exact) mass is 370 g/mol. The summed E-state index contributed by atoms with van der Waals surface area (Å²) in [5.74, 6) is 5.66. The number of nitrogens with zero attached hydrogens (tertiary/aromatic N) is 1. The Morgan fingerprint density at radius 1 is 1.04 bits per heavy atom. The van der Waals surface area contributed by atoms with Crippen LogP contribution in [0.1, 0.15) is 22.6 Å². The van der Waals surface area contributed by atoms with Crippen LogP contribution in [0.15, 0.2) is 73.1 Å². The van der Waals surface area contributed by atoms with Gasteiger partial charge in [-0.15, -0.1) is 0 Å². The average Bonchev–Trinajstić information content (AvgIpc) is 3.04. The standard InChI is InChI=1S/C23H18N2O3/c26-23(24-13-5-7-17-8-6-14-25(27)15-17)28-16-22-20-11-3-1-9-18(20)19-10-2-4-12-21(19)22/h1-4,6,8-12,14-15,22H,13,16H2,(H,24,26). The normalized spacial score (nSPS) is 11.7. The molecule has 0 fully saturated rings. The third-order valence-electron chi connectivity index (χ3n) is 4.67. The molecule has 1 N–H and O–H groups in total. The largest absolute Gasteiger partial charge is 0.619 e. The zero-order chi connectivity index (χ0) is 19.3. The van der Waals surface area contributed by atoms with Crippen LogP contribution in [0.4, 0.5) is 4.79 Å². The van der Waals surface area contributed by atoms with E-state index in [1.165, 1.54) is 34.6 Å². The number of fused-ring (bicyclic) bond motifs is 3. The van der Waals surface area contributed by atoms with Crippen molar-refractivity contribution >= 4 is 6.09 Å². The minimum Gasteiger partial charge on any atom is -0.619 e. The minimum absolute atomic E-state index is 0.0288. The molecule has 0 saturated carbocycles. The van der Waals surface area contributed by atoms with Gasteiger partial charge in [0.2, 0.25) is 0 Å². The zero-order valence-corrected chi connectivity index (χ0v) is 15.1. The molecular weight excluding hydrogens is 352 g/mol. The summed E-state index contributed by atoms with van der Waals surface area (Å²) in [5.41, 5.74) is 5.32. The summed E-state index contributed by atoms with van der Waals surface area (Å²) in [6.07, 6.45) is 2.25. The fourth-order valence-electron chi connectivity index (χ4n) is 3.44. The van der Waals surface area contributed by atoms with E-state index in [4.69, 9.17) is 4.74 Å². The number of alkyl carbamates (subject to hydrolysis) is 1. The summed E-state index contributed by atoms with van der Waals surface area (Å²) in [5, 5.41) is 13.8. The maximum atomic E-state index is 12.0. The molecule has 2 aromatic carbocycles. The summed E-state index contributed by atoms with van der Waals surface area (Å²) >= 11 is 0. The Labute approximate surface area is 163 Å². The van der Waals surface area contributed by atoms with E-state index < -0.39 is 6.09 Å². The Hall–Kier alpha value is -3.78. The van der Waals surface area contributed by atoms with Gasteiger partial charge in [0.15, 0.2) is 12.4 Å². The Balaban J connectivity index is 1.35. The Kier molecular flexibility index (Phi) is 4.94. The molecule has 28 heavy (non-hydrogen) atoms. The minimum atomic E-state index is -0.511. The van der Waals surface area contributed by atoms with E-state index in [0.717, 1.165) is 0 Å². The zero-order valence-electron chi connectivity index (χ0n) is 15.1. The van der Waals surface area contributed by atoms with Gasteiger partial charge in [-0.1, -0.05) is 60.4 Å². The number of pyridine rings is 1. The Bertz CT molecular complexity index is 1040. The number of benzene rings is 2. The Morgan fingerprint density at radius 3 is 2.39 bits per heavy atom. The van der Waals surface area contributed by atoms with Gasteiger partial charge in [-0.25, -0.2) is 4.79 Å².